The normalized spacial score (nSPS) is 30.5. The molecular weight excluding hydrogens is 150 g/mol. The molecule has 0 heterocycles. The predicted octanol–water partition coefficient (Wildman–Crippen LogP) is 1.54. The van der Waals surface area contributed by atoms with Gasteiger partial charge in [0.25, 0.3) is 0 Å². The van der Waals surface area contributed by atoms with E-state index in [1.165, 1.54) is 32.1 Å². The molecule has 2 heteroatoms. The summed E-state index contributed by atoms with van der Waals surface area (Å²) < 4.78 is 0. The molecule has 72 valence electrons. The first-order chi connectivity index (χ1) is 5.86. The van der Waals surface area contributed by atoms with Gasteiger partial charge in [-0.3, -0.25) is 0 Å². The van der Waals surface area contributed by atoms with Crippen LogP contribution in [0.4, 0.5) is 0 Å². The molecule has 1 saturated carbocycles. The molecule has 0 saturated heterocycles. The highest BCUT2D eigenvalue weighted by Crippen LogP contribution is 2.27. The van der Waals surface area contributed by atoms with Crippen molar-refractivity contribution in [3.63, 3.8) is 0 Å². The second-order valence-electron chi connectivity index (χ2n) is 3.87. The van der Waals surface area contributed by atoms with Crippen LogP contribution < -0.4 is 5.32 Å². The Hall–Kier alpha value is -0.0800. The zero-order valence-electron chi connectivity index (χ0n) is 8.05. The van der Waals surface area contributed by atoms with E-state index < -0.39 is 0 Å². The van der Waals surface area contributed by atoms with Crippen molar-refractivity contribution in [1.82, 2.24) is 5.32 Å². The fourth-order valence-corrected chi connectivity index (χ4v) is 2.12. The first-order valence-corrected chi connectivity index (χ1v) is 5.15. The van der Waals surface area contributed by atoms with E-state index in [1.807, 2.05) is 0 Å². The molecule has 0 bridgehead atoms. The minimum absolute atomic E-state index is 0.367. The average Bonchev–Trinajstić information content (AvgIpc) is 2.15. The average molecular weight is 171 g/mol. The third-order valence-corrected chi connectivity index (χ3v) is 3.03. The van der Waals surface area contributed by atoms with E-state index in [1.54, 1.807) is 0 Å². The Morgan fingerprint density at radius 1 is 1.25 bits per heavy atom. The summed E-state index contributed by atoms with van der Waals surface area (Å²) in [6, 6.07) is 0.760. The second-order valence-corrected chi connectivity index (χ2v) is 3.87. The van der Waals surface area contributed by atoms with Crippen LogP contribution in [0.25, 0.3) is 0 Å². The molecule has 2 nitrogen and oxygen atoms in total. The summed E-state index contributed by atoms with van der Waals surface area (Å²) in [5, 5.41) is 12.0. The Morgan fingerprint density at radius 3 is 2.42 bits per heavy atom. The largest absolute Gasteiger partial charge is 0.396 e. The summed E-state index contributed by atoms with van der Waals surface area (Å²) in [5.41, 5.74) is 0. The van der Waals surface area contributed by atoms with Gasteiger partial charge in [0.2, 0.25) is 0 Å². The molecule has 0 unspecified atom stereocenters. The van der Waals surface area contributed by atoms with Crippen molar-refractivity contribution in [1.29, 1.82) is 0 Å². The van der Waals surface area contributed by atoms with E-state index in [0.717, 1.165) is 18.4 Å². The summed E-state index contributed by atoms with van der Waals surface area (Å²) in [7, 11) is 2.05. The lowest BCUT2D eigenvalue weighted by atomic mass is 9.83. The zero-order chi connectivity index (χ0) is 8.81. The van der Waals surface area contributed by atoms with Crippen LogP contribution in [-0.4, -0.2) is 24.8 Å². The highest BCUT2D eigenvalue weighted by Gasteiger charge is 2.18. The molecule has 0 radical (unpaired) electrons. The van der Waals surface area contributed by atoms with E-state index in [-0.39, 0.29) is 0 Å². The molecule has 1 rings (SSSR count). The smallest absolute Gasteiger partial charge is 0.0431 e. The molecule has 2 N–H and O–H groups in total. The van der Waals surface area contributed by atoms with Gasteiger partial charge in [-0.2, -0.15) is 0 Å². The van der Waals surface area contributed by atoms with Gasteiger partial charge in [0.15, 0.2) is 0 Å². The van der Waals surface area contributed by atoms with Crippen LogP contribution >= 0.6 is 0 Å². The molecule has 0 amide bonds. The van der Waals surface area contributed by atoms with Crippen LogP contribution in [0.5, 0.6) is 0 Å². The number of rotatable bonds is 4. The number of hydrogen-bond acceptors (Lipinski definition) is 2. The van der Waals surface area contributed by atoms with Crippen LogP contribution in [0.15, 0.2) is 0 Å². The number of nitrogens with one attached hydrogen (secondary N) is 1. The topological polar surface area (TPSA) is 32.3 Å². The SMILES string of the molecule is CN[C@H]1CC[C@H](CCCO)CC1. The highest BCUT2D eigenvalue weighted by molar-refractivity contribution is 4.75. The molecular formula is C10H21NO. The fraction of sp³-hybridized carbons (Fsp3) is 1.00. The van der Waals surface area contributed by atoms with Gasteiger partial charge in [-0.05, 0) is 51.5 Å². The van der Waals surface area contributed by atoms with Gasteiger partial charge in [-0.1, -0.05) is 0 Å². The number of aliphatic hydroxyl groups is 1. The lowest BCUT2D eigenvalue weighted by Crippen LogP contribution is -2.30. The summed E-state index contributed by atoms with van der Waals surface area (Å²) >= 11 is 0. The quantitative estimate of drug-likeness (QED) is 0.672. The van der Waals surface area contributed by atoms with Crippen LogP contribution in [0.2, 0.25) is 0 Å². The monoisotopic (exact) mass is 171 g/mol. The molecule has 0 aromatic heterocycles. The Kier molecular flexibility index (Phi) is 4.62. The van der Waals surface area contributed by atoms with Crippen molar-refractivity contribution >= 4 is 0 Å². The van der Waals surface area contributed by atoms with Crippen molar-refractivity contribution in [3.8, 4) is 0 Å². The fourth-order valence-electron chi connectivity index (χ4n) is 2.12. The first kappa shape index (κ1) is 10.0. The Balaban J connectivity index is 2.09. The van der Waals surface area contributed by atoms with Crippen LogP contribution in [0.1, 0.15) is 38.5 Å². The third-order valence-electron chi connectivity index (χ3n) is 3.03. The van der Waals surface area contributed by atoms with E-state index in [2.05, 4.69) is 12.4 Å². The van der Waals surface area contributed by atoms with Crippen molar-refractivity contribution in [2.45, 2.75) is 44.6 Å². The standard InChI is InChI=1S/C10H21NO/c1-11-10-6-4-9(5-7-10)3-2-8-12/h9-12H,2-8H2,1H3/t9-,10-. The van der Waals surface area contributed by atoms with Gasteiger partial charge < -0.3 is 10.4 Å². The molecule has 1 fully saturated rings. The van der Waals surface area contributed by atoms with Crippen molar-refractivity contribution in [3.05, 3.63) is 0 Å². The molecule has 12 heavy (non-hydrogen) atoms. The molecule has 0 atom stereocenters. The molecule has 0 spiro atoms. The number of hydrogen-bond donors (Lipinski definition) is 2. The van der Waals surface area contributed by atoms with Gasteiger partial charge in [0, 0.05) is 12.6 Å². The maximum atomic E-state index is 8.68. The highest BCUT2D eigenvalue weighted by atomic mass is 16.2. The van der Waals surface area contributed by atoms with Crippen molar-refractivity contribution in [2.24, 2.45) is 5.92 Å². The van der Waals surface area contributed by atoms with Crippen LogP contribution in [0.3, 0.4) is 0 Å². The Bertz CT molecular complexity index is 108. The minimum Gasteiger partial charge on any atom is -0.396 e. The van der Waals surface area contributed by atoms with Crippen molar-refractivity contribution < 1.29 is 5.11 Å². The minimum atomic E-state index is 0.367. The Morgan fingerprint density at radius 2 is 1.92 bits per heavy atom. The molecule has 1 aliphatic rings. The maximum Gasteiger partial charge on any atom is 0.0431 e. The lowest BCUT2D eigenvalue weighted by molar-refractivity contribution is 0.240. The summed E-state index contributed by atoms with van der Waals surface area (Å²) in [4.78, 5) is 0. The van der Waals surface area contributed by atoms with Gasteiger partial charge in [-0.15, -0.1) is 0 Å². The summed E-state index contributed by atoms with van der Waals surface area (Å²) in [6.07, 6.45) is 7.58. The number of aliphatic hydroxyl groups excluding tert-OH is 1. The molecule has 0 aliphatic heterocycles. The van der Waals surface area contributed by atoms with Gasteiger partial charge in [-0.25, -0.2) is 0 Å². The van der Waals surface area contributed by atoms with E-state index in [0.29, 0.717) is 6.61 Å². The van der Waals surface area contributed by atoms with Gasteiger partial charge >= 0.3 is 0 Å². The van der Waals surface area contributed by atoms with Crippen molar-refractivity contribution in [2.75, 3.05) is 13.7 Å². The van der Waals surface area contributed by atoms with Gasteiger partial charge in [0.1, 0.15) is 0 Å². The second kappa shape index (κ2) is 5.55. The summed E-state index contributed by atoms with van der Waals surface area (Å²) in [6.45, 7) is 0.367. The first-order valence-electron chi connectivity index (χ1n) is 5.15. The predicted molar refractivity (Wildman–Crippen MR) is 51.1 cm³/mol. The third kappa shape index (κ3) is 3.11. The van der Waals surface area contributed by atoms with E-state index in [4.69, 9.17) is 5.11 Å². The van der Waals surface area contributed by atoms with E-state index >= 15 is 0 Å². The zero-order valence-corrected chi connectivity index (χ0v) is 8.05. The maximum absolute atomic E-state index is 8.68. The van der Waals surface area contributed by atoms with Crippen LogP contribution in [-0.2, 0) is 0 Å². The molecule has 0 aromatic rings. The van der Waals surface area contributed by atoms with Crippen LogP contribution in [0, 0.1) is 5.92 Å². The molecule has 0 aromatic carbocycles. The Labute approximate surface area is 75.4 Å². The lowest BCUT2D eigenvalue weighted by Gasteiger charge is -2.27. The summed E-state index contributed by atoms with van der Waals surface area (Å²) in [5.74, 6) is 0.891. The van der Waals surface area contributed by atoms with E-state index in [9.17, 15) is 0 Å². The van der Waals surface area contributed by atoms with Gasteiger partial charge in [0.05, 0.1) is 0 Å². The molecule has 1 aliphatic carbocycles.